The van der Waals surface area contributed by atoms with Gasteiger partial charge in [0.15, 0.2) is 6.10 Å². The predicted octanol–water partition coefficient (Wildman–Crippen LogP) is 25.7. The molecule has 0 aliphatic rings. The molecule has 0 rings (SSSR count). The van der Waals surface area contributed by atoms with Gasteiger partial charge in [0, 0.05) is 19.3 Å². The van der Waals surface area contributed by atoms with Crippen LogP contribution in [0.5, 0.6) is 0 Å². The van der Waals surface area contributed by atoms with Crippen molar-refractivity contribution in [3.8, 4) is 0 Å². The zero-order valence-corrected chi connectivity index (χ0v) is 56.0. The first-order valence-corrected chi connectivity index (χ1v) is 37.1. The number of rotatable bonds is 69. The van der Waals surface area contributed by atoms with Crippen LogP contribution in [0.1, 0.15) is 406 Å². The fraction of sp³-hybridized carbons (Fsp3) is 0.857. The first-order chi connectivity index (χ1) is 41.0. The zero-order valence-electron chi connectivity index (χ0n) is 56.0. The summed E-state index contributed by atoms with van der Waals surface area (Å²) in [6, 6.07) is 0. The maximum atomic E-state index is 13.0. The highest BCUT2D eigenvalue weighted by Gasteiger charge is 2.20. The summed E-state index contributed by atoms with van der Waals surface area (Å²) in [6.45, 7) is 6.60. The first-order valence-electron chi connectivity index (χ1n) is 37.1. The molecule has 0 saturated heterocycles. The molecule has 0 aromatic rings. The summed E-state index contributed by atoms with van der Waals surface area (Å²) in [5.74, 6) is -0.833. The Morgan fingerprint density at radius 1 is 0.253 bits per heavy atom. The molecule has 0 spiro atoms. The van der Waals surface area contributed by atoms with Gasteiger partial charge in [-0.1, -0.05) is 378 Å². The van der Waals surface area contributed by atoms with Crippen LogP contribution < -0.4 is 0 Å². The minimum absolute atomic E-state index is 0.0649. The van der Waals surface area contributed by atoms with Crippen molar-refractivity contribution in [1.82, 2.24) is 0 Å². The Morgan fingerprint density at radius 3 is 0.735 bits per heavy atom. The third-order valence-electron chi connectivity index (χ3n) is 16.8. The Kier molecular flexibility index (Phi) is 69.6. The Hall–Kier alpha value is -2.63. The highest BCUT2D eigenvalue weighted by molar-refractivity contribution is 5.71. The Balaban J connectivity index is 4.12. The van der Waals surface area contributed by atoms with Gasteiger partial charge in [0.05, 0.1) is 0 Å². The molecule has 0 aromatic heterocycles. The van der Waals surface area contributed by atoms with Gasteiger partial charge in [0.25, 0.3) is 0 Å². The number of esters is 3. The lowest BCUT2D eigenvalue weighted by molar-refractivity contribution is -0.167. The second kappa shape index (κ2) is 71.8. The van der Waals surface area contributed by atoms with Crippen LogP contribution in [0, 0.1) is 0 Å². The van der Waals surface area contributed by atoms with Crippen molar-refractivity contribution in [2.75, 3.05) is 13.2 Å². The average Bonchev–Trinajstić information content (AvgIpc) is 3.48. The maximum absolute atomic E-state index is 13.0. The average molecular weight is 1160 g/mol. The molecule has 0 aliphatic heterocycles. The summed E-state index contributed by atoms with van der Waals surface area (Å²) < 4.78 is 17.0. The lowest BCUT2D eigenvalue weighted by atomic mass is 10.0. The molecule has 0 aromatic carbocycles. The second-order valence-electron chi connectivity index (χ2n) is 25.2. The van der Waals surface area contributed by atoms with Gasteiger partial charge in [-0.25, -0.2) is 0 Å². The molecule has 486 valence electrons. The molecule has 1 atom stereocenters. The minimum Gasteiger partial charge on any atom is -0.462 e. The largest absolute Gasteiger partial charge is 0.462 e. The van der Waals surface area contributed by atoms with E-state index < -0.39 is 6.10 Å². The van der Waals surface area contributed by atoms with Crippen LogP contribution in [-0.4, -0.2) is 37.2 Å². The molecule has 0 saturated carbocycles. The number of carbonyl (C=O) groups is 3. The van der Waals surface area contributed by atoms with Crippen LogP contribution in [0.4, 0.5) is 0 Å². The van der Waals surface area contributed by atoms with E-state index in [0.29, 0.717) is 19.3 Å². The van der Waals surface area contributed by atoms with E-state index in [2.05, 4.69) is 69.4 Å². The minimum atomic E-state index is -0.768. The van der Waals surface area contributed by atoms with Gasteiger partial charge in [0.1, 0.15) is 13.2 Å². The quantitative estimate of drug-likeness (QED) is 0.0261. The number of allylic oxidation sites excluding steroid dienone is 8. The van der Waals surface area contributed by atoms with Crippen molar-refractivity contribution >= 4 is 17.9 Å². The Bertz CT molecular complexity index is 1430. The van der Waals surface area contributed by atoms with Gasteiger partial charge < -0.3 is 14.2 Å². The topological polar surface area (TPSA) is 78.9 Å². The summed E-state index contributed by atoms with van der Waals surface area (Å²) in [4.78, 5) is 38.4. The number of unbranched alkanes of at least 4 members (excludes halogenated alkanes) is 50. The molecule has 83 heavy (non-hydrogen) atoms. The molecule has 6 heteroatoms. The zero-order chi connectivity index (χ0) is 59.9. The van der Waals surface area contributed by atoms with E-state index in [9.17, 15) is 14.4 Å². The molecule has 0 radical (unpaired) electrons. The van der Waals surface area contributed by atoms with E-state index >= 15 is 0 Å². The number of hydrogen-bond donors (Lipinski definition) is 0. The molecule has 0 N–H and O–H groups in total. The van der Waals surface area contributed by atoms with E-state index in [4.69, 9.17) is 14.2 Å². The van der Waals surface area contributed by atoms with Crippen molar-refractivity contribution in [3.05, 3.63) is 48.6 Å². The summed E-state index contributed by atoms with van der Waals surface area (Å²) in [6.07, 6.45) is 91.6. The lowest BCUT2D eigenvalue weighted by Crippen LogP contribution is -2.30. The van der Waals surface area contributed by atoms with Crippen molar-refractivity contribution in [2.45, 2.75) is 412 Å². The summed E-state index contributed by atoms with van der Waals surface area (Å²) in [5.41, 5.74) is 0. The van der Waals surface area contributed by atoms with Crippen LogP contribution in [0.15, 0.2) is 48.6 Å². The van der Waals surface area contributed by atoms with Gasteiger partial charge in [-0.3, -0.25) is 14.4 Å². The van der Waals surface area contributed by atoms with E-state index in [0.717, 1.165) is 83.5 Å². The molecule has 0 heterocycles. The van der Waals surface area contributed by atoms with E-state index in [1.165, 1.54) is 283 Å². The maximum Gasteiger partial charge on any atom is 0.306 e. The third-order valence-corrected chi connectivity index (χ3v) is 16.8. The van der Waals surface area contributed by atoms with Gasteiger partial charge in [-0.15, -0.1) is 0 Å². The third kappa shape index (κ3) is 70.0. The lowest BCUT2D eigenvalue weighted by Gasteiger charge is -2.18. The fourth-order valence-electron chi connectivity index (χ4n) is 11.3. The SMILES string of the molecule is CC/C=C\C/C=C\C/C=C\C/C=C\CCCCCCCCCCCCCCCCCCCCC(=O)OCC(COC(=O)CCCCCCCCCCCCC)OC(=O)CCCCCCCCCCCCCCCCCCCCCCCCC. The molecular formula is C77H142O6. The van der Waals surface area contributed by atoms with Gasteiger partial charge >= 0.3 is 17.9 Å². The van der Waals surface area contributed by atoms with Crippen LogP contribution >= 0.6 is 0 Å². The highest BCUT2D eigenvalue weighted by atomic mass is 16.6. The van der Waals surface area contributed by atoms with Crippen molar-refractivity contribution in [1.29, 1.82) is 0 Å². The van der Waals surface area contributed by atoms with Crippen molar-refractivity contribution in [2.24, 2.45) is 0 Å². The smallest absolute Gasteiger partial charge is 0.306 e. The van der Waals surface area contributed by atoms with E-state index in [-0.39, 0.29) is 31.1 Å². The Labute approximate surface area is 518 Å². The standard InChI is InChI=1S/C77H142O6/c1-4-7-10-13-16-19-22-24-26-28-30-32-34-35-36-37-38-39-40-41-43-44-46-48-50-52-55-58-61-64-67-70-76(79)82-73-74(72-81-75(78)69-66-63-60-57-54-21-18-15-12-9-6-3)83-77(80)71-68-65-62-59-56-53-51-49-47-45-42-33-31-29-27-25-23-20-17-14-11-8-5-2/h7,10,16,19,24,26,30,32,74H,4-6,8-9,11-15,17-18,20-23,25,27-29,31,33-73H2,1-3H3/b10-7-,19-16-,26-24-,32-30-. The number of ether oxygens (including phenoxy) is 3. The van der Waals surface area contributed by atoms with Crippen molar-refractivity contribution in [3.63, 3.8) is 0 Å². The van der Waals surface area contributed by atoms with E-state index in [1.54, 1.807) is 0 Å². The summed E-state index contributed by atoms with van der Waals surface area (Å²) in [7, 11) is 0. The molecule has 6 nitrogen and oxygen atoms in total. The Morgan fingerprint density at radius 2 is 0.470 bits per heavy atom. The highest BCUT2D eigenvalue weighted by Crippen LogP contribution is 2.19. The van der Waals surface area contributed by atoms with E-state index in [1.807, 2.05) is 0 Å². The molecule has 0 aliphatic carbocycles. The van der Waals surface area contributed by atoms with Gasteiger partial charge in [0.2, 0.25) is 0 Å². The predicted molar refractivity (Wildman–Crippen MR) is 362 cm³/mol. The van der Waals surface area contributed by atoms with Gasteiger partial charge in [-0.2, -0.15) is 0 Å². The molecule has 0 amide bonds. The molecule has 0 bridgehead atoms. The van der Waals surface area contributed by atoms with Crippen LogP contribution in [0.25, 0.3) is 0 Å². The normalized spacial score (nSPS) is 12.3. The molecule has 0 fully saturated rings. The summed E-state index contributed by atoms with van der Waals surface area (Å²) >= 11 is 0. The van der Waals surface area contributed by atoms with Crippen molar-refractivity contribution < 1.29 is 28.6 Å². The van der Waals surface area contributed by atoms with Crippen LogP contribution in [0.3, 0.4) is 0 Å². The molecular weight excluding hydrogens is 1020 g/mol. The van der Waals surface area contributed by atoms with Gasteiger partial charge in [-0.05, 0) is 57.8 Å². The number of carbonyl (C=O) groups excluding carboxylic acids is 3. The fourth-order valence-corrected chi connectivity index (χ4v) is 11.3. The first kappa shape index (κ1) is 80.4. The monoisotopic (exact) mass is 1160 g/mol. The second-order valence-corrected chi connectivity index (χ2v) is 25.2. The molecule has 1 unspecified atom stereocenters. The summed E-state index contributed by atoms with van der Waals surface area (Å²) in [5, 5.41) is 0. The van der Waals surface area contributed by atoms with Crippen LogP contribution in [-0.2, 0) is 28.6 Å². The van der Waals surface area contributed by atoms with Crippen LogP contribution in [0.2, 0.25) is 0 Å². The number of hydrogen-bond acceptors (Lipinski definition) is 6.